The third kappa shape index (κ3) is 4.12. The normalized spacial score (nSPS) is 21.5. The van der Waals surface area contributed by atoms with E-state index in [-0.39, 0.29) is 39.9 Å². The van der Waals surface area contributed by atoms with Gasteiger partial charge in [0, 0.05) is 12.6 Å². The molecule has 3 amide bonds. The first-order valence-electron chi connectivity index (χ1n) is 8.93. The van der Waals surface area contributed by atoms with Crippen LogP contribution in [-0.2, 0) is 9.59 Å². The Bertz CT molecular complexity index is 857. The van der Waals surface area contributed by atoms with Gasteiger partial charge in [-0.2, -0.15) is 0 Å². The van der Waals surface area contributed by atoms with E-state index in [0.29, 0.717) is 12.1 Å². The van der Waals surface area contributed by atoms with Crippen LogP contribution in [0.1, 0.15) is 31.7 Å². The Hall–Kier alpha value is -2.19. The average Bonchev–Trinajstić information content (AvgIpc) is 2.92. The van der Waals surface area contributed by atoms with E-state index in [0.717, 1.165) is 35.9 Å². The van der Waals surface area contributed by atoms with Crippen molar-refractivity contribution in [3.05, 3.63) is 27.6 Å². The molecule has 0 aromatic heterocycles. The molecule has 0 bridgehead atoms. The van der Waals surface area contributed by atoms with Gasteiger partial charge in [0.1, 0.15) is 6.54 Å². The van der Waals surface area contributed by atoms with Gasteiger partial charge in [0.25, 0.3) is 11.1 Å². The molecule has 3 rings (SSSR count). The molecule has 0 spiro atoms. The number of phenols is 1. The molecule has 1 atom stereocenters. The van der Waals surface area contributed by atoms with Crippen LogP contribution in [0.4, 0.5) is 4.79 Å². The summed E-state index contributed by atoms with van der Waals surface area (Å²) in [7, 11) is 1.39. The number of aromatic hydroxyl groups is 1. The smallest absolute Gasteiger partial charge is 0.294 e. The number of halogens is 1. The van der Waals surface area contributed by atoms with Crippen LogP contribution in [-0.4, -0.2) is 58.2 Å². The molecule has 150 valence electrons. The van der Waals surface area contributed by atoms with Crippen LogP contribution in [0.5, 0.6) is 11.5 Å². The van der Waals surface area contributed by atoms with E-state index in [1.165, 1.54) is 25.3 Å². The molecule has 0 saturated carbocycles. The van der Waals surface area contributed by atoms with Crippen molar-refractivity contribution in [2.45, 2.75) is 32.2 Å². The van der Waals surface area contributed by atoms with Crippen LogP contribution in [0, 0.1) is 0 Å². The van der Waals surface area contributed by atoms with E-state index in [4.69, 9.17) is 16.3 Å². The Morgan fingerprint density at radius 3 is 2.82 bits per heavy atom. The predicted molar refractivity (Wildman–Crippen MR) is 107 cm³/mol. The van der Waals surface area contributed by atoms with Crippen molar-refractivity contribution in [2.24, 2.45) is 0 Å². The molecule has 0 radical (unpaired) electrons. The monoisotopic (exact) mass is 424 g/mol. The maximum Gasteiger partial charge on any atom is 0.294 e. The fourth-order valence-electron chi connectivity index (χ4n) is 3.32. The lowest BCUT2D eigenvalue weighted by Gasteiger charge is -2.34. The van der Waals surface area contributed by atoms with Crippen molar-refractivity contribution in [3.63, 3.8) is 0 Å². The topological polar surface area (TPSA) is 87.2 Å². The molecule has 1 aromatic carbocycles. The molecular formula is C19H21ClN2O5S. The molecule has 28 heavy (non-hydrogen) atoms. The van der Waals surface area contributed by atoms with E-state index in [1.54, 1.807) is 4.90 Å². The quantitative estimate of drug-likeness (QED) is 0.744. The molecule has 0 aliphatic carbocycles. The average molecular weight is 425 g/mol. The Kier molecular flexibility index (Phi) is 6.20. The molecule has 2 saturated heterocycles. The lowest BCUT2D eigenvalue weighted by molar-refractivity contribution is -0.138. The fourth-order valence-corrected chi connectivity index (χ4v) is 4.37. The number of hydrogen-bond acceptors (Lipinski definition) is 6. The Morgan fingerprint density at radius 2 is 2.14 bits per heavy atom. The van der Waals surface area contributed by atoms with Crippen LogP contribution < -0.4 is 4.74 Å². The van der Waals surface area contributed by atoms with Gasteiger partial charge in [-0.05, 0) is 61.7 Å². The lowest BCUT2D eigenvalue weighted by Crippen LogP contribution is -2.47. The van der Waals surface area contributed by atoms with Gasteiger partial charge in [-0.3, -0.25) is 19.3 Å². The Morgan fingerprint density at radius 1 is 1.39 bits per heavy atom. The predicted octanol–water partition coefficient (Wildman–Crippen LogP) is 3.49. The number of amides is 3. The molecule has 2 aliphatic heterocycles. The lowest BCUT2D eigenvalue weighted by atomic mass is 10.0. The number of rotatable bonds is 4. The summed E-state index contributed by atoms with van der Waals surface area (Å²) >= 11 is 6.74. The minimum atomic E-state index is -0.517. The first-order chi connectivity index (χ1) is 13.3. The van der Waals surface area contributed by atoms with Gasteiger partial charge in [-0.25, -0.2) is 0 Å². The van der Waals surface area contributed by atoms with Crippen molar-refractivity contribution in [3.8, 4) is 11.5 Å². The molecule has 2 heterocycles. The van der Waals surface area contributed by atoms with Crippen LogP contribution in [0.2, 0.25) is 5.02 Å². The minimum Gasteiger partial charge on any atom is -0.503 e. The summed E-state index contributed by atoms with van der Waals surface area (Å²) in [5.41, 5.74) is 0.501. The van der Waals surface area contributed by atoms with E-state index in [9.17, 15) is 19.5 Å². The second-order valence-electron chi connectivity index (χ2n) is 6.75. The number of thioether (sulfide) groups is 1. The number of phenolic OH excluding ortho intramolecular Hbond substituents is 1. The van der Waals surface area contributed by atoms with E-state index >= 15 is 0 Å². The highest BCUT2D eigenvalue weighted by Gasteiger charge is 2.38. The summed E-state index contributed by atoms with van der Waals surface area (Å²) in [6.07, 6.45) is 4.43. The summed E-state index contributed by atoms with van der Waals surface area (Å²) in [6, 6.07) is 3.09. The second-order valence-corrected chi connectivity index (χ2v) is 8.15. The maximum atomic E-state index is 12.7. The first kappa shape index (κ1) is 20.5. The fraction of sp³-hybridized carbons (Fsp3) is 0.421. The summed E-state index contributed by atoms with van der Waals surface area (Å²) < 4.78 is 5.05. The second kappa shape index (κ2) is 8.45. The molecule has 0 unspecified atom stereocenters. The number of likely N-dealkylation sites (tertiary alicyclic amines) is 1. The van der Waals surface area contributed by atoms with Crippen molar-refractivity contribution in [2.75, 3.05) is 20.2 Å². The zero-order valence-electron chi connectivity index (χ0n) is 15.6. The van der Waals surface area contributed by atoms with E-state index < -0.39 is 11.1 Å². The van der Waals surface area contributed by atoms with E-state index in [1.807, 2.05) is 6.92 Å². The number of benzene rings is 1. The van der Waals surface area contributed by atoms with Gasteiger partial charge >= 0.3 is 0 Å². The highest BCUT2D eigenvalue weighted by Crippen LogP contribution is 2.38. The Balaban J connectivity index is 1.77. The number of ether oxygens (including phenoxy) is 1. The van der Waals surface area contributed by atoms with Gasteiger partial charge < -0.3 is 14.7 Å². The van der Waals surface area contributed by atoms with Crippen molar-refractivity contribution in [1.29, 1.82) is 0 Å². The standard InChI is InChI=1S/C19H21ClN2O5S/c1-11-5-3-4-6-21(11)16(23)10-22-18(25)15(28-19(22)26)9-12-7-13(20)17(24)14(8-12)27-2/h7-9,11,24H,3-6,10H2,1-2H3/b15-9-/t11-/m0/s1. The van der Waals surface area contributed by atoms with Gasteiger partial charge in [0.2, 0.25) is 5.91 Å². The number of carbonyl (C=O) groups excluding carboxylic acids is 3. The number of nitrogens with zero attached hydrogens (tertiary/aromatic N) is 2. The highest BCUT2D eigenvalue weighted by molar-refractivity contribution is 8.18. The zero-order chi connectivity index (χ0) is 20.4. The first-order valence-corrected chi connectivity index (χ1v) is 10.1. The molecule has 1 N–H and O–H groups in total. The SMILES string of the molecule is COc1cc(/C=C2\SC(=O)N(CC(=O)N3CCCC[C@@H]3C)C2=O)cc(Cl)c1O. The Labute approximate surface area is 172 Å². The zero-order valence-corrected chi connectivity index (χ0v) is 17.2. The number of methoxy groups -OCH3 is 1. The summed E-state index contributed by atoms with van der Waals surface area (Å²) in [5, 5.41) is 9.40. The van der Waals surface area contributed by atoms with Crippen molar-refractivity contribution in [1.82, 2.24) is 9.80 Å². The van der Waals surface area contributed by atoms with Crippen molar-refractivity contribution < 1.29 is 24.2 Å². The third-order valence-electron chi connectivity index (χ3n) is 4.86. The summed E-state index contributed by atoms with van der Waals surface area (Å²) in [6.45, 7) is 2.37. The van der Waals surface area contributed by atoms with Crippen LogP contribution in [0.15, 0.2) is 17.0 Å². The molecule has 9 heteroatoms. The van der Waals surface area contributed by atoms with Gasteiger partial charge in [-0.15, -0.1) is 0 Å². The maximum absolute atomic E-state index is 12.7. The number of piperidine rings is 1. The molecule has 2 aliphatic rings. The van der Waals surface area contributed by atoms with Crippen LogP contribution in [0.3, 0.4) is 0 Å². The van der Waals surface area contributed by atoms with Gasteiger partial charge in [-0.1, -0.05) is 11.6 Å². The third-order valence-corrected chi connectivity index (χ3v) is 6.05. The number of imide groups is 1. The van der Waals surface area contributed by atoms with Gasteiger partial charge in [0.05, 0.1) is 17.0 Å². The summed E-state index contributed by atoms with van der Waals surface area (Å²) in [5.74, 6) is -0.774. The highest BCUT2D eigenvalue weighted by atomic mass is 35.5. The molecule has 1 aromatic rings. The van der Waals surface area contributed by atoms with Crippen LogP contribution in [0.25, 0.3) is 6.08 Å². The number of carbonyl (C=O) groups is 3. The minimum absolute atomic E-state index is 0.0686. The summed E-state index contributed by atoms with van der Waals surface area (Å²) in [4.78, 5) is 40.4. The van der Waals surface area contributed by atoms with Crippen LogP contribution >= 0.6 is 23.4 Å². The molecular weight excluding hydrogens is 404 g/mol. The molecule has 7 nitrogen and oxygen atoms in total. The van der Waals surface area contributed by atoms with E-state index in [2.05, 4.69) is 0 Å². The largest absolute Gasteiger partial charge is 0.503 e. The van der Waals surface area contributed by atoms with Gasteiger partial charge in [0.15, 0.2) is 11.5 Å². The molecule has 2 fully saturated rings. The number of hydrogen-bond donors (Lipinski definition) is 1. The van der Waals surface area contributed by atoms with Crippen molar-refractivity contribution >= 4 is 46.5 Å².